The fraction of sp³-hybridized carbons (Fsp3) is 0.312. The summed E-state index contributed by atoms with van der Waals surface area (Å²) in [6.45, 7) is -0.387. The molecule has 31 heavy (non-hydrogen) atoms. The van der Waals surface area contributed by atoms with Gasteiger partial charge in [-0.25, -0.2) is 4.79 Å². The van der Waals surface area contributed by atoms with E-state index in [4.69, 9.17) is 10.2 Å². The first-order valence-corrected chi connectivity index (χ1v) is 9.16. The molecule has 2 aliphatic heterocycles. The van der Waals surface area contributed by atoms with Crippen molar-refractivity contribution in [3.05, 3.63) is 35.4 Å². The minimum atomic E-state index is -1.60. The van der Waals surface area contributed by atoms with Gasteiger partial charge in [0, 0.05) is 11.3 Å². The average Bonchev–Trinajstić information content (AvgIpc) is 3.21. The molecule has 0 unspecified atom stereocenters. The summed E-state index contributed by atoms with van der Waals surface area (Å²) in [5.74, 6) is -2.74. The molecule has 0 aliphatic carbocycles. The van der Waals surface area contributed by atoms with Crippen molar-refractivity contribution >= 4 is 41.4 Å². The number of β-lactam (4-membered cyclic amide) rings is 1. The quantitative estimate of drug-likeness (QED) is 0.170. The summed E-state index contributed by atoms with van der Waals surface area (Å²) in [5, 5.41) is 17.0. The van der Waals surface area contributed by atoms with E-state index >= 15 is 0 Å². The summed E-state index contributed by atoms with van der Waals surface area (Å²) in [5.41, 5.74) is 4.48. The van der Waals surface area contributed by atoms with E-state index in [2.05, 4.69) is 20.0 Å². The molecule has 2 aliphatic rings. The molecular weight excluding hydrogens is 454 g/mol. The van der Waals surface area contributed by atoms with E-state index in [0.29, 0.717) is 0 Å². The maximum Gasteiger partial charge on any atom is 1.00 e. The first-order valence-electron chi connectivity index (χ1n) is 8.11. The van der Waals surface area contributed by atoms with Gasteiger partial charge in [0.2, 0.25) is 5.71 Å². The first kappa shape index (κ1) is 27.6. The third kappa shape index (κ3) is 5.86. The van der Waals surface area contributed by atoms with E-state index < -0.39 is 41.0 Å². The molecule has 0 saturated carbocycles. The number of oxime groups is 1. The summed E-state index contributed by atoms with van der Waals surface area (Å²) >= 11 is 1.18. The number of hydrogen-bond donors (Lipinski definition) is 2. The van der Waals surface area contributed by atoms with Crippen molar-refractivity contribution in [1.29, 1.82) is 0 Å². The van der Waals surface area contributed by atoms with Crippen LogP contribution in [0.4, 0.5) is 4.79 Å². The summed E-state index contributed by atoms with van der Waals surface area (Å²) in [6, 6.07) is 2.04. The van der Waals surface area contributed by atoms with Gasteiger partial charge < -0.3 is 34.9 Å². The third-order valence-electron chi connectivity index (χ3n) is 4.07. The number of amides is 3. The largest absolute Gasteiger partial charge is 1.00 e. The van der Waals surface area contributed by atoms with Gasteiger partial charge in [0.1, 0.15) is 25.1 Å². The Morgan fingerprint density at radius 3 is 2.68 bits per heavy atom. The number of aliphatic carboxylic acids is 1. The average molecular weight is 469 g/mol. The van der Waals surface area contributed by atoms with Crippen molar-refractivity contribution in [3.63, 3.8) is 0 Å². The van der Waals surface area contributed by atoms with Crippen molar-refractivity contribution < 1.29 is 97.4 Å². The van der Waals surface area contributed by atoms with Crippen molar-refractivity contribution in [2.24, 2.45) is 10.9 Å². The standard InChI is InChI=1S/C16H16N4O8S.2Na/c1-26-19-9(8-3-2-4-27-8)12(21)18-10-13(22)20-11(15(23)24)7(5-28-16(17)25)6-29-14(10)20;;/h2-4,10,14H,5-6H2,1H3,(H2,17,25)(H,18,21)(H,23,24);;/q;2*+1/p-1/b19-9+;;/t10-,14-;;/m1../s1. The number of nitrogens with zero attached hydrogens (tertiary/aromatic N) is 2. The second-order valence-corrected chi connectivity index (χ2v) is 6.91. The Bertz CT molecular complexity index is 921. The Morgan fingerprint density at radius 1 is 1.42 bits per heavy atom. The number of ether oxygens (including phenoxy) is 1. The number of nitrogens with two attached hydrogens (primary N) is 1. The van der Waals surface area contributed by atoms with Crippen LogP contribution >= 0.6 is 11.8 Å². The zero-order valence-corrected chi connectivity index (χ0v) is 21.8. The van der Waals surface area contributed by atoms with E-state index in [0.717, 1.165) is 4.90 Å². The smallest absolute Gasteiger partial charge is 0.543 e. The van der Waals surface area contributed by atoms with E-state index in [1.807, 2.05) is 0 Å². The fourth-order valence-electron chi connectivity index (χ4n) is 2.85. The second kappa shape index (κ2) is 11.9. The topological polar surface area (TPSA) is 177 Å². The molecule has 0 aromatic carbocycles. The Kier molecular flexibility index (Phi) is 10.6. The number of carbonyl (C=O) groups is 4. The second-order valence-electron chi connectivity index (χ2n) is 5.81. The van der Waals surface area contributed by atoms with Crippen LogP contribution in [-0.4, -0.2) is 65.4 Å². The number of furan rings is 1. The molecule has 3 amide bonds. The van der Waals surface area contributed by atoms with E-state index in [1.54, 1.807) is 6.07 Å². The van der Waals surface area contributed by atoms with Gasteiger partial charge in [-0.1, -0.05) is 5.16 Å². The Morgan fingerprint density at radius 2 is 2.13 bits per heavy atom. The molecule has 0 bridgehead atoms. The SMILES string of the molecule is CO/N=C(/C(=O)N[C@@H]1C(=O)N2C(C(=O)[O-])=C(COC(N)=O)CS[C@H]12)c1ccco1.[Na+].[Na+]. The van der Waals surface area contributed by atoms with Gasteiger partial charge in [0.15, 0.2) is 5.76 Å². The molecule has 2 atom stereocenters. The molecule has 15 heteroatoms. The number of hydrogen-bond acceptors (Lipinski definition) is 10. The molecule has 1 saturated heterocycles. The number of nitrogens with one attached hydrogen (secondary N) is 1. The van der Waals surface area contributed by atoms with Crippen LogP contribution in [0.15, 0.2) is 39.2 Å². The van der Waals surface area contributed by atoms with Crippen LogP contribution in [0.3, 0.4) is 0 Å². The van der Waals surface area contributed by atoms with Crippen LogP contribution < -0.4 is 75.3 Å². The van der Waals surface area contributed by atoms with Crippen molar-refractivity contribution in [2.45, 2.75) is 11.4 Å². The predicted molar refractivity (Wildman–Crippen MR) is 94.8 cm³/mol. The Balaban J connectivity index is 0.00000240. The zero-order chi connectivity index (χ0) is 21.1. The van der Waals surface area contributed by atoms with Gasteiger partial charge >= 0.3 is 65.2 Å². The monoisotopic (exact) mass is 469 g/mol. The van der Waals surface area contributed by atoms with Crippen molar-refractivity contribution in [1.82, 2.24) is 10.2 Å². The number of fused-ring (bicyclic) bond motifs is 1. The van der Waals surface area contributed by atoms with Gasteiger partial charge in [-0.3, -0.25) is 14.5 Å². The number of carbonyl (C=O) groups excluding carboxylic acids is 4. The van der Waals surface area contributed by atoms with E-state index in [1.165, 1.54) is 31.2 Å². The van der Waals surface area contributed by atoms with Crippen LogP contribution in [0.2, 0.25) is 0 Å². The molecule has 3 rings (SSSR count). The molecule has 0 radical (unpaired) electrons. The van der Waals surface area contributed by atoms with Gasteiger partial charge in [-0.15, -0.1) is 11.8 Å². The molecular formula is C16H15N4Na2O8S+. The Labute approximate surface area is 224 Å². The number of thioether (sulfide) groups is 1. The summed E-state index contributed by atoms with van der Waals surface area (Å²) in [7, 11) is 1.25. The minimum Gasteiger partial charge on any atom is -0.543 e. The van der Waals surface area contributed by atoms with Crippen molar-refractivity contribution in [3.8, 4) is 0 Å². The number of primary amides is 1. The Hall–Kier alpha value is -1.48. The first-order chi connectivity index (χ1) is 13.8. The van der Waals surface area contributed by atoms with Gasteiger partial charge in [0.25, 0.3) is 11.8 Å². The molecule has 1 aromatic heterocycles. The molecule has 154 valence electrons. The molecule has 1 aromatic rings. The van der Waals surface area contributed by atoms with Crippen LogP contribution in [0.5, 0.6) is 0 Å². The number of carboxylic acids is 1. The van der Waals surface area contributed by atoms with E-state index in [-0.39, 0.29) is 88.5 Å². The fourth-order valence-corrected chi connectivity index (χ4v) is 4.18. The molecule has 0 spiro atoms. The maximum absolute atomic E-state index is 12.5. The normalized spacial score (nSPS) is 19.8. The van der Waals surface area contributed by atoms with Crippen LogP contribution in [0.25, 0.3) is 0 Å². The van der Waals surface area contributed by atoms with Crippen LogP contribution in [0.1, 0.15) is 5.76 Å². The zero-order valence-electron chi connectivity index (χ0n) is 16.9. The summed E-state index contributed by atoms with van der Waals surface area (Å²) in [6.07, 6.45) is 0.262. The van der Waals surface area contributed by atoms with Crippen molar-refractivity contribution in [2.75, 3.05) is 19.5 Å². The number of rotatable bonds is 7. The number of carboxylic acid groups (broad SMARTS) is 1. The van der Waals surface area contributed by atoms with Gasteiger partial charge in [0.05, 0.1) is 17.9 Å². The van der Waals surface area contributed by atoms with Crippen LogP contribution in [0, 0.1) is 0 Å². The third-order valence-corrected chi connectivity index (χ3v) is 5.41. The van der Waals surface area contributed by atoms with Gasteiger partial charge in [-0.2, -0.15) is 0 Å². The predicted octanol–water partition coefficient (Wildman–Crippen LogP) is -7.86. The molecule has 3 N–H and O–H groups in total. The van der Waals surface area contributed by atoms with E-state index in [9.17, 15) is 24.3 Å². The maximum atomic E-state index is 12.5. The molecule has 12 nitrogen and oxygen atoms in total. The summed E-state index contributed by atoms with van der Waals surface area (Å²) < 4.78 is 9.75. The minimum absolute atomic E-state index is 0. The van der Waals surface area contributed by atoms with Crippen LogP contribution in [-0.2, 0) is 24.0 Å². The summed E-state index contributed by atoms with van der Waals surface area (Å²) in [4.78, 5) is 53.0. The molecule has 1 fully saturated rings. The van der Waals surface area contributed by atoms with Gasteiger partial charge in [-0.05, 0) is 12.1 Å². The molecule has 3 heterocycles.